The number of rotatable bonds is 3. The summed E-state index contributed by atoms with van der Waals surface area (Å²) in [4.78, 5) is 4.83. The number of benzene rings is 1. The summed E-state index contributed by atoms with van der Waals surface area (Å²) < 4.78 is 0. The molecule has 1 aliphatic heterocycles. The fourth-order valence-corrected chi connectivity index (χ4v) is 2.81. The molecular formula is C15H25N3. The predicted molar refractivity (Wildman–Crippen MR) is 78.0 cm³/mol. The van der Waals surface area contributed by atoms with Gasteiger partial charge in [0.15, 0.2) is 0 Å². The lowest BCUT2D eigenvalue weighted by molar-refractivity contribution is 0.249. The highest BCUT2D eigenvalue weighted by Gasteiger charge is 2.21. The van der Waals surface area contributed by atoms with E-state index in [1.807, 2.05) is 0 Å². The molecule has 3 heteroatoms. The highest BCUT2D eigenvalue weighted by atomic mass is 15.2. The van der Waals surface area contributed by atoms with Gasteiger partial charge >= 0.3 is 0 Å². The third-order valence-corrected chi connectivity index (χ3v) is 3.99. The van der Waals surface area contributed by atoms with Crippen LogP contribution in [-0.2, 0) is 6.54 Å². The highest BCUT2D eigenvalue weighted by Crippen LogP contribution is 2.26. The van der Waals surface area contributed by atoms with Gasteiger partial charge in [-0.05, 0) is 45.5 Å². The average molecular weight is 247 g/mol. The second kappa shape index (κ2) is 5.72. The van der Waals surface area contributed by atoms with Gasteiger partial charge in [0.05, 0.1) is 0 Å². The number of hydrogen-bond donors (Lipinski definition) is 1. The van der Waals surface area contributed by atoms with Crippen molar-refractivity contribution in [3.8, 4) is 0 Å². The van der Waals surface area contributed by atoms with Gasteiger partial charge in [0.1, 0.15) is 0 Å². The first-order valence-electron chi connectivity index (χ1n) is 6.83. The number of aryl methyl sites for hydroxylation is 1. The molecule has 0 amide bonds. The van der Waals surface area contributed by atoms with Crippen molar-refractivity contribution in [2.45, 2.75) is 32.4 Å². The molecule has 1 aromatic carbocycles. The molecule has 0 bridgehead atoms. The molecule has 1 aliphatic rings. The minimum absolute atomic E-state index is 0.630. The van der Waals surface area contributed by atoms with Crippen LogP contribution in [0.3, 0.4) is 0 Å². The van der Waals surface area contributed by atoms with E-state index in [0.29, 0.717) is 6.54 Å². The van der Waals surface area contributed by atoms with Crippen molar-refractivity contribution in [1.29, 1.82) is 0 Å². The van der Waals surface area contributed by atoms with E-state index in [4.69, 9.17) is 5.73 Å². The maximum absolute atomic E-state index is 5.87. The highest BCUT2D eigenvalue weighted by molar-refractivity contribution is 5.55. The summed E-state index contributed by atoms with van der Waals surface area (Å²) in [5.41, 5.74) is 9.77. The van der Waals surface area contributed by atoms with Crippen LogP contribution in [-0.4, -0.2) is 38.1 Å². The van der Waals surface area contributed by atoms with Crippen LogP contribution >= 0.6 is 0 Å². The molecule has 1 heterocycles. The zero-order valence-electron chi connectivity index (χ0n) is 11.8. The maximum atomic E-state index is 5.87. The molecule has 2 N–H and O–H groups in total. The Labute approximate surface area is 111 Å². The summed E-state index contributed by atoms with van der Waals surface area (Å²) in [5, 5.41) is 0. The van der Waals surface area contributed by atoms with E-state index < -0.39 is 0 Å². The molecule has 3 nitrogen and oxygen atoms in total. The molecule has 1 aromatic rings. The van der Waals surface area contributed by atoms with E-state index in [0.717, 1.165) is 19.1 Å². The number of nitrogens with zero attached hydrogens (tertiary/aromatic N) is 2. The lowest BCUT2D eigenvalue weighted by Crippen LogP contribution is -2.42. The van der Waals surface area contributed by atoms with Crippen molar-refractivity contribution in [2.24, 2.45) is 5.73 Å². The van der Waals surface area contributed by atoms with E-state index in [1.54, 1.807) is 0 Å². The van der Waals surface area contributed by atoms with Gasteiger partial charge in [0, 0.05) is 31.4 Å². The normalized spacial score (nSPS) is 17.5. The van der Waals surface area contributed by atoms with Gasteiger partial charge in [-0.25, -0.2) is 0 Å². The Morgan fingerprint density at radius 3 is 2.50 bits per heavy atom. The molecule has 0 atom stereocenters. The van der Waals surface area contributed by atoms with E-state index >= 15 is 0 Å². The number of anilines is 1. The zero-order chi connectivity index (χ0) is 13.1. The third-order valence-electron chi connectivity index (χ3n) is 3.99. The van der Waals surface area contributed by atoms with Gasteiger partial charge in [-0.2, -0.15) is 0 Å². The van der Waals surface area contributed by atoms with Gasteiger partial charge < -0.3 is 15.5 Å². The summed E-state index contributed by atoms with van der Waals surface area (Å²) >= 11 is 0. The first-order chi connectivity index (χ1) is 8.61. The lowest BCUT2D eigenvalue weighted by atomic mass is 10.0. The molecule has 0 aromatic heterocycles. The summed E-state index contributed by atoms with van der Waals surface area (Å²) in [6.45, 7) is 5.03. The molecule has 0 aliphatic carbocycles. The SMILES string of the molecule is Cc1ccc(N2CCC(N(C)C)CC2)c(CN)c1. The van der Waals surface area contributed by atoms with E-state index in [2.05, 4.69) is 49.0 Å². The third kappa shape index (κ3) is 2.85. The Balaban J connectivity index is 2.09. The lowest BCUT2D eigenvalue weighted by Gasteiger charge is -2.37. The van der Waals surface area contributed by atoms with Gasteiger partial charge in [-0.1, -0.05) is 17.7 Å². The van der Waals surface area contributed by atoms with Crippen LogP contribution in [0.2, 0.25) is 0 Å². The van der Waals surface area contributed by atoms with Crippen LogP contribution in [0.5, 0.6) is 0 Å². The fraction of sp³-hybridized carbons (Fsp3) is 0.600. The monoisotopic (exact) mass is 247 g/mol. The summed E-state index contributed by atoms with van der Waals surface area (Å²) in [5.74, 6) is 0. The minimum Gasteiger partial charge on any atom is -0.371 e. The molecular weight excluding hydrogens is 222 g/mol. The van der Waals surface area contributed by atoms with Gasteiger partial charge in [0.25, 0.3) is 0 Å². The molecule has 2 rings (SSSR count). The maximum Gasteiger partial charge on any atom is 0.0411 e. The van der Waals surface area contributed by atoms with Crippen molar-refractivity contribution in [3.63, 3.8) is 0 Å². The van der Waals surface area contributed by atoms with E-state index in [1.165, 1.54) is 29.7 Å². The van der Waals surface area contributed by atoms with Crippen molar-refractivity contribution in [3.05, 3.63) is 29.3 Å². The molecule has 18 heavy (non-hydrogen) atoms. The molecule has 0 radical (unpaired) electrons. The van der Waals surface area contributed by atoms with Crippen LogP contribution in [0.4, 0.5) is 5.69 Å². The minimum atomic E-state index is 0.630. The first-order valence-corrected chi connectivity index (χ1v) is 6.83. The Bertz CT molecular complexity index is 393. The van der Waals surface area contributed by atoms with Crippen molar-refractivity contribution in [1.82, 2.24) is 4.90 Å². The number of piperidine rings is 1. The Hall–Kier alpha value is -1.06. The van der Waals surface area contributed by atoms with Crippen molar-refractivity contribution >= 4 is 5.69 Å². The second-order valence-corrected chi connectivity index (χ2v) is 5.52. The Kier molecular flexibility index (Phi) is 4.25. The molecule has 0 saturated carbocycles. The predicted octanol–water partition coefficient (Wildman–Crippen LogP) is 1.98. The molecule has 0 spiro atoms. The van der Waals surface area contributed by atoms with E-state index in [9.17, 15) is 0 Å². The summed E-state index contributed by atoms with van der Waals surface area (Å²) in [7, 11) is 4.36. The van der Waals surface area contributed by atoms with Crippen LogP contribution in [0.25, 0.3) is 0 Å². The van der Waals surface area contributed by atoms with Gasteiger partial charge in [-0.3, -0.25) is 0 Å². The first kappa shape index (κ1) is 13.4. The van der Waals surface area contributed by atoms with Crippen molar-refractivity contribution < 1.29 is 0 Å². The average Bonchev–Trinajstić information content (AvgIpc) is 2.38. The van der Waals surface area contributed by atoms with Crippen LogP contribution < -0.4 is 10.6 Å². The Morgan fingerprint density at radius 2 is 1.94 bits per heavy atom. The summed E-state index contributed by atoms with van der Waals surface area (Å²) in [6, 6.07) is 7.36. The van der Waals surface area contributed by atoms with Gasteiger partial charge in [0.2, 0.25) is 0 Å². The molecule has 1 saturated heterocycles. The largest absolute Gasteiger partial charge is 0.371 e. The second-order valence-electron chi connectivity index (χ2n) is 5.52. The summed E-state index contributed by atoms with van der Waals surface area (Å²) in [6.07, 6.45) is 2.48. The van der Waals surface area contributed by atoms with Crippen LogP contribution in [0.1, 0.15) is 24.0 Å². The topological polar surface area (TPSA) is 32.5 Å². The molecule has 100 valence electrons. The standard InChI is InChI=1S/C15H25N3/c1-12-4-5-15(13(10-12)11-16)18-8-6-14(7-9-18)17(2)3/h4-5,10,14H,6-9,11,16H2,1-3H3. The van der Waals surface area contributed by atoms with Crippen LogP contribution in [0.15, 0.2) is 18.2 Å². The molecule has 0 unspecified atom stereocenters. The van der Waals surface area contributed by atoms with Gasteiger partial charge in [-0.15, -0.1) is 0 Å². The van der Waals surface area contributed by atoms with E-state index in [-0.39, 0.29) is 0 Å². The number of hydrogen-bond acceptors (Lipinski definition) is 3. The molecule has 1 fully saturated rings. The van der Waals surface area contributed by atoms with Crippen LogP contribution in [0, 0.1) is 6.92 Å². The fourth-order valence-electron chi connectivity index (χ4n) is 2.81. The van der Waals surface area contributed by atoms with Crippen molar-refractivity contribution in [2.75, 3.05) is 32.1 Å². The zero-order valence-corrected chi connectivity index (χ0v) is 11.8. The smallest absolute Gasteiger partial charge is 0.0411 e. The number of nitrogens with two attached hydrogens (primary N) is 1. The quantitative estimate of drug-likeness (QED) is 0.886. The Morgan fingerprint density at radius 1 is 1.28 bits per heavy atom.